The van der Waals surface area contributed by atoms with E-state index in [1.165, 1.54) is 6.33 Å². The molecule has 0 radical (unpaired) electrons. The Hall–Kier alpha value is -3.33. The molecular weight excluding hydrogens is 358 g/mol. The average Bonchev–Trinajstić information content (AvgIpc) is 3.36. The van der Waals surface area contributed by atoms with E-state index in [-0.39, 0.29) is 11.5 Å². The predicted molar refractivity (Wildman–Crippen MR) is 104 cm³/mol. The van der Waals surface area contributed by atoms with Crippen LogP contribution in [0.1, 0.15) is 23.5 Å². The quantitative estimate of drug-likeness (QED) is 0.582. The summed E-state index contributed by atoms with van der Waals surface area (Å²) in [4.78, 5) is 25.7. The molecule has 1 unspecified atom stereocenters. The smallest absolute Gasteiger partial charge is 0.251 e. The first kappa shape index (κ1) is 16.8. The molecule has 9 heteroatoms. The molecule has 1 fully saturated rings. The van der Waals surface area contributed by atoms with E-state index in [0.29, 0.717) is 24.7 Å². The molecule has 0 spiro atoms. The van der Waals surface area contributed by atoms with Crippen LogP contribution in [0.15, 0.2) is 35.6 Å². The molecule has 142 valence electrons. The van der Waals surface area contributed by atoms with Crippen LogP contribution in [0.3, 0.4) is 0 Å². The molecule has 1 aliphatic heterocycles. The van der Waals surface area contributed by atoms with Crippen molar-refractivity contribution in [2.24, 2.45) is 7.05 Å². The van der Waals surface area contributed by atoms with Crippen LogP contribution in [0.4, 0.5) is 11.6 Å². The molecule has 9 nitrogen and oxygen atoms in total. The van der Waals surface area contributed by atoms with Crippen LogP contribution in [0.25, 0.3) is 16.7 Å². The van der Waals surface area contributed by atoms with Gasteiger partial charge in [-0.2, -0.15) is 5.10 Å². The number of aryl methyl sites for hydroxylation is 2. The summed E-state index contributed by atoms with van der Waals surface area (Å²) in [5.41, 5.74) is 4.97. The zero-order valence-electron chi connectivity index (χ0n) is 15.6. The molecule has 28 heavy (non-hydrogen) atoms. The molecule has 4 aromatic rings. The van der Waals surface area contributed by atoms with Gasteiger partial charge in [0.25, 0.3) is 5.56 Å². The number of nitrogens with one attached hydrogen (secondary N) is 1. The Bertz CT molecular complexity index is 1250. The fourth-order valence-corrected chi connectivity index (χ4v) is 3.61. The molecule has 0 aliphatic carbocycles. The number of fused-ring (bicyclic) bond motifs is 2. The molecule has 1 N–H and O–H groups in total. The minimum absolute atomic E-state index is 0.0637. The topological polar surface area (TPSA) is 99.2 Å². The van der Waals surface area contributed by atoms with Gasteiger partial charge in [-0.3, -0.25) is 4.79 Å². The molecule has 1 aliphatic rings. The maximum atomic E-state index is 12.4. The first-order valence-corrected chi connectivity index (χ1v) is 9.11. The van der Waals surface area contributed by atoms with E-state index in [2.05, 4.69) is 20.4 Å². The fourth-order valence-electron chi connectivity index (χ4n) is 3.61. The van der Waals surface area contributed by atoms with Crippen molar-refractivity contribution >= 4 is 28.3 Å². The molecule has 0 amide bonds. The Labute approximate surface area is 160 Å². The lowest BCUT2D eigenvalue weighted by molar-refractivity contribution is 0.194. The van der Waals surface area contributed by atoms with Crippen molar-refractivity contribution in [3.05, 3.63) is 52.3 Å². The highest BCUT2D eigenvalue weighted by Crippen LogP contribution is 2.30. The highest BCUT2D eigenvalue weighted by Gasteiger charge is 2.22. The van der Waals surface area contributed by atoms with Gasteiger partial charge in [-0.25, -0.2) is 19.5 Å². The van der Waals surface area contributed by atoms with Crippen molar-refractivity contribution in [3.63, 3.8) is 0 Å². The zero-order chi connectivity index (χ0) is 19.3. The summed E-state index contributed by atoms with van der Waals surface area (Å²) in [5.74, 6) is 0.640. The van der Waals surface area contributed by atoms with Crippen LogP contribution in [-0.2, 0) is 11.8 Å². The van der Waals surface area contributed by atoms with Crippen LogP contribution in [-0.4, -0.2) is 42.3 Å². The minimum Gasteiger partial charge on any atom is -0.381 e. The highest BCUT2D eigenvalue weighted by atomic mass is 16.5. The summed E-state index contributed by atoms with van der Waals surface area (Å²) >= 11 is 0. The lowest BCUT2D eigenvalue weighted by atomic mass is 9.98. The van der Waals surface area contributed by atoms with Crippen molar-refractivity contribution in [2.75, 3.05) is 18.5 Å². The van der Waals surface area contributed by atoms with Gasteiger partial charge < -0.3 is 14.6 Å². The van der Waals surface area contributed by atoms with Gasteiger partial charge in [0.2, 0.25) is 5.95 Å². The summed E-state index contributed by atoms with van der Waals surface area (Å²) < 4.78 is 8.79. The minimum atomic E-state index is -0.0637. The number of nitrogens with zero attached hydrogens (tertiary/aromatic N) is 6. The van der Waals surface area contributed by atoms with Gasteiger partial charge in [-0.1, -0.05) is 0 Å². The van der Waals surface area contributed by atoms with Gasteiger partial charge in [0, 0.05) is 25.6 Å². The SMILES string of the molecule is Cc1cc2ncnn2cc1Nc1ncc2c(n1)c(C1CCOC1)cc(=O)n2C. The zero-order valence-corrected chi connectivity index (χ0v) is 15.6. The molecule has 1 atom stereocenters. The second-order valence-corrected chi connectivity index (χ2v) is 7.04. The number of aromatic nitrogens is 6. The van der Waals surface area contributed by atoms with Gasteiger partial charge >= 0.3 is 0 Å². The van der Waals surface area contributed by atoms with Crippen LogP contribution in [0, 0.1) is 6.92 Å². The molecule has 0 bridgehead atoms. The van der Waals surface area contributed by atoms with Crippen LogP contribution in [0.2, 0.25) is 0 Å². The normalized spacial score (nSPS) is 16.9. The first-order chi connectivity index (χ1) is 13.6. The maximum Gasteiger partial charge on any atom is 0.251 e. The van der Waals surface area contributed by atoms with Crippen molar-refractivity contribution in [3.8, 4) is 0 Å². The predicted octanol–water partition coefficient (Wildman–Crippen LogP) is 1.93. The third kappa shape index (κ3) is 2.71. The number of hydrogen-bond acceptors (Lipinski definition) is 7. The summed E-state index contributed by atoms with van der Waals surface area (Å²) in [5, 5.41) is 7.44. The van der Waals surface area contributed by atoms with E-state index in [4.69, 9.17) is 9.72 Å². The lowest BCUT2D eigenvalue weighted by Crippen LogP contribution is -2.19. The number of hydrogen-bond donors (Lipinski definition) is 1. The summed E-state index contributed by atoms with van der Waals surface area (Å²) in [6.45, 7) is 3.30. The van der Waals surface area contributed by atoms with Crippen molar-refractivity contribution in [2.45, 2.75) is 19.3 Å². The van der Waals surface area contributed by atoms with Crippen LogP contribution >= 0.6 is 0 Å². The summed E-state index contributed by atoms with van der Waals surface area (Å²) in [6.07, 6.45) is 5.95. The molecule has 1 saturated heterocycles. The number of rotatable bonds is 3. The summed E-state index contributed by atoms with van der Waals surface area (Å²) in [6, 6.07) is 3.62. The van der Waals surface area contributed by atoms with E-state index in [1.807, 2.05) is 19.2 Å². The van der Waals surface area contributed by atoms with Crippen molar-refractivity contribution in [1.82, 2.24) is 29.1 Å². The van der Waals surface area contributed by atoms with Crippen LogP contribution in [0.5, 0.6) is 0 Å². The Morgan fingerprint density at radius 3 is 3.00 bits per heavy atom. The maximum absolute atomic E-state index is 12.4. The summed E-state index contributed by atoms with van der Waals surface area (Å²) in [7, 11) is 1.73. The van der Waals surface area contributed by atoms with E-state index in [9.17, 15) is 4.79 Å². The third-order valence-corrected chi connectivity index (χ3v) is 5.25. The highest BCUT2D eigenvalue weighted by molar-refractivity contribution is 5.80. The molecule has 4 aromatic heterocycles. The van der Waals surface area contributed by atoms with Gasteiger partial charge in [-0.15, -0.1) is 0 Å². The number of anilines is 2. The molecular formula is C19H19N7O2. The number of pyridine rings is 2. The molecule has 5 rings (SSSR count). The van der Waals surface area contributed by atoms with Gasteiger partial charge in [0.15, 0.2) is 5.65 Å². The average molecular weight is 377 g/mol. The number of ether oxygens (including phenoxy) is 1. The Kier molecular flexibility index (Phi) is 3.83. The second kappa shape index (κ2) is 6.38. The fraction of sp³-hybridized carbons (Fsp3) is 0.316. The van der Waals surface area contributed by atoms with Crippen molar-refractivity contribution < 1.29 is 4.74 Å². The van der Waals surface area contributed by atoms with Gasteiger partial charge in [0.05, 0.1) is 35.7 Å². The van der Waals surface area contributed by atoms with E-state index in [1.54, 1.807) is 28.4 Å². The monoisotopic (exact) mass is 377 g/mol. The Morgan fingerprint density at radius 1 is 1.29 bits per heavy atom. The first-order valence-electron chi connectivity index (χ1n) is 9.11. The lowest BCUT2D eigenvalue weighted by Gasteiger charge is -2.15. The second-order valence-electron chi connectivity index (χ2n) is 7.04. The van der Waals surface area contributed by atoms with E-state index >= 15 is 0 Å². The molecule has 0 saturated carbocycles. The Morgan fingerprint density at radius 2 is 2.18 bits per heavy atom. The molecule has 5 heterocycles. The van der Waals surface area contributed by atoms with Gasteiger partial charge in [-0.05, 0) is 30.5 Å². The third-order valence-electron chi connectivity index (χ3n) is 5.25. The van der Waals surface area contributed by atoms with E-state index < -0.39 is 0 Å². The van der Waals surface area contributed by atoms with E-state index in [0.717, 1.165) is 34.4 Å². The van der Waals surface area contributed by atoms with Crippen LogP contribution < -0.4 is 10.9 Å². The standard InChI is InChI=1S/C19H19N7O2/c1-11-5-16-21-10-22-26(16)8-14(11)23-19-20-7-15-18(24-19)13(6-17(27)25(15)2)12-3-4-28-9-12/h5-8,10,12H,3-4,9H2,1-2H3,(H,20,23,24). The largest absolute Gasteiger partial charge is 0.381 e. The van der Waals surface area contributed by atoms with Crippen molar-refractivity contribution in [1.29, 1.82) is 0 Å². The molecule has 0 aromatic carbocycles. The van der Waals surface area contributed by atoms with Gasteiger partial charge in [0.1, 0.15) is 6.33 Å². The Balaban J connectivity index is 1.62.